The minimum Gasteiger partial charge on any atom is -0.241 e. The van der Waals surface area contributed by atoms with E-state index in [9.17, 15) is 0 Å². The van der Waals surface area contributed by atoms with Gasteiger partial charge in [-0.2, -0.15) is 0 Å². The van der Waals surface area contributed by atoms with E-state index in [-0.39, 0.29) is 5.38 Å². The zero-order valence-corrected chi connectivity index (χ0v) is 9.75. The molecule has 78 valence electrons. The van der Waals surface area contributed by atoms with Crippen LogP contribution in [0.2, 0.25) is 0 Å². The molecule has 14 heavy (non-hydrogen) atoms. The van der Waals surface area contributed by atoms with E-state index in [0.29, 0.717) is 5.92 Å². The van der Waals surface area contributed by atoms with Gasteiger partial charge in [0.1, 0.15) is 5.82 Å². The molecule has 0 fully saturated rings. The first-order chi connectivity index (χ1) is 6.58. The average molecular weight is 213 g/mol. The third kappa shape index (κ3) is 4.05. The summed E-state index contributed by atoms with van der Waals surface area (Å²) in [6, 6.07) is 1.90. The third-order valence-corrected chi connectivity index (χ3v) is 2.31. The maximum Gasteiger partial charge on any atom is 0.129 e. The van der Waals surface area contributed by atoms with Crippen LogP contribution in [-0.4, -0.2) is 15.3 Å². The van der Waals surface area contributed by atoms with E-state index in [4.69, 9.17) is 11.6 Å². The number of hydrogen-bond acceptors (Lipinski definition) is 2. The summed E-state index contributed by atoms with van der Waals surface area (Å²) in [6.45, 7) is 6.32. The van der Waals surface area contributed by atoms with Crippen LogP contribution in [0, 0.1) is 12.8 Å². The van der Waals surface area contributed by atoms with E-state index in [1.165, 1.54) is 0 Å². The lowest BCUT2D eigenvalue weighted by Gasteiger charge is -2.10. The summed E-state index contributed by atoms with van der Waals surface area (Å²) in [7, 11) is 0. The molecule has 1 rings (SSSR count). The van der Waals surface area contributed by atoms with Crippen LogP contribution in [0.5, 0.6) is 0 Å². The Morgan fingerprint density at radius 3 is 2.71 bits per heavy atom. The Labute approximate surface area is 90.7 Å². The van der Waals surface area contributed by atoms with E-state index in [2.05, 4.69) is 23.8 Å². The predicted octanol–water partition coefficient (Wildman–Crippen LogP) is 2.98. The molecule has 2 nitrogen and oxygen atoms in total. The van der Waals surface area contributed by atoms with Crippen molar-refractivity contribution in [3.8, 4) is 0 Å². The van der Waals surface area contributed by atoms with Gasteiger partial charge in [0.05, 0.1) is 0 Å². The van der Waals surface area contributed by atoms with Crippen LogP contribution in [0.25, 0.3) is 0 Å². The summed E-state index contributed by atoms with van der Waals surface area (Å²) < 4.78 is 0. The Hall–Kier alpha value is -0.630. The van der Waals surface area contributed by atoms with Gasteiger partial charge in [-0.25, -0.2) is 9.97 Å². The Morgan fingerprint density at radius 2 is 2.14 bits per heavy atom. The normalized spacial score (nSPS) is 13.2. The predicted molar refractivity (Wildman–Crippen MR) is 59.6 cm³/mol. The average Bonchev–Trinajstić information content (AvgIpc) is 2.01. The van der Waals surface area contributed by atoms with Gasteiger partial charge < -0.3 is 0 Å². The molecule has 1 atom stereocenters. The van der Waals surface area contributed by atoms with Gasteiger partial charge in [-0.05, 0) is 25.3 Å². The summed E-state index contributed by atoms with van der Waals surface area (Å²) in [5.41, 5.74) is 1.00. The smallest absolute Gasteiger partial charge is 0.129 e. The number of aryl methyl sites for hydroxylation is 1. The quantitative estimate of drug-likeness (QED) is 0.718. The van der Waals surface area contributed by atoms with Crippen molar-refractivity contribution < 1.29 is 0 Å². The molecular formula is C11H17ClN2. The van der Waals surface area contributed by atoms with E-state index < -0.39 is 0 Å². The molecule has 0 aliphatic heterocycles. The Balaban J connectivity index is 2.51. The van der Waals surface area contributed by atoms with Gasteiger partial charge in [0.15, 0.2) is 0 Å². The van der Waals surface area contributed by atoms with Gasteiger partial charge in [0.25, 0.3) is 0 Å². The van der Waals surface area contributed by atoms with Crippen molar-refractivity contribution in [2.24, 2.45) is 5.92 Å². The van der Waals surface area contributed by atoms with Crippen molar-refractivity contribution in [3.63, 3.8) is 0 Å². The number of hydrogen-bond donors (Lipinski definition) is 0. The lowest BCUT2D eigenvalue weighted by molar-refractivity contribution is 0.555. The molecule has 1 heterocycles. The van der Waals surface area contributed by atoms with Crippen LogP contribution in [0.15, 0.2) is 12.3 Å². The molecule has 1 unspecified atom stereocenters. The van der Waals surface area contributed by atoms with Gasteiger partial charge in [-0.1, -0.05) is 13.8 Å². The van der Waals surface area contributed by atoms with Crippen LogP contribution in [0.4, 0.5) is 0 Å². The van der Waals surface area contributed by atoms with E-state index >= 15 is 0 Å². The molecule has 0 bridgehead atoms. The number of nitrogens with zero attached hydrogens (tertiary/aromatic N) is 2. The maximum absolute atomic E-state index is 6.18. The molecule has 0 radical (unpaired) electrons. The highest BCUT2D eigenvalue weighted by Gasteiger charge is 2.09. The lowest BCUT2D eigenvalue weighted by atomic mass is 10.1. The molecule has 0 amide bonds. The minimum atomic E-state index is 0.150. The van der Waals surface area contributed by atoms with Crippen molar-refractivity contribution in [1.82, 2.24) is 9.97 Å². The van der Waals surface area contributed by atoms with E-state index in [1.54, 1.807) is 6.20 Å². The molecule has 0 saturated heterocycles. The number of alkyl halides is 1. The van der Waals surface area contributed by atoms with Gasteiger partial charge in [-0.3, -0.25) is 0 Å². The highest BCUT2D eigenvalue weighted by molar-refractivity contribution is 6.20. The Morgan fingerprint density at radius 1 is 1.43 bits per heavy atom. The molecule has 1 aromatic heterocycles. The molecule has 0 saturated carbocycles. The van der Waals surface area contributed by atoms with Crippen LogP contribution < -0.4 is 0 Å². The molecular weight excluding hydrogens is 196 g/mol. The second-order valence-electron chi connectivity index (χ2n) is 4.05. The monoisotopic (exact) mass is 212 g/mol. The fourth-order valence-corrected chi connectivity index (χ4v) is 1.89. The Bertz CT molecular complexity index is 286. The maximum atomic E-state index is 6.18. The SMILES string of the molecule is Cc1ccnc(CC(Cl)CC(C)C)n1. The summed E-state index contributed by atoms with van der Waals surface area (Å²) in [5, 5.41) is 0.150. The minimum absolute atomic E-state index is 0.150. The molecule has 0 aromatic carbocycles. The van der Waals surface area contributed by atoms with Crippen LogP contribution in [0.1, 0.15) is 31.8 Å². The van der Waals surface area contributed by atoms with Gasteiger partial charge >= 0.3 is 0 Å². The summed E-state index contributed by atoms with van der Waals surface area (Å²) in [4.78, 5) is 8.52. The first kappa shape index (κ1) is 11.4. The zero-order chi connectivity index (χ0) is 10.6. The molecule has 0 aliphatic carbocycles. The van der Waals surface area contributed by atoms with Gasteiger partial charge in [-0.15, -0.1) is 11.6 Å². The second-order valence-corrected chi connectivity index (χ2v) is 4.66. The first-order valence-electron chi connectivity index (χ1n) is 5.00. The van der Waals surface area contributed by atoms with Crippen LogP contribution in [-0.2, 0) is 6.42 Å². The van der Waals surface area contributed by atoms with E-state index in [0.717, 1.165) is 24.4 Å². The van der Waals surface area contributed by atoms with Crippen molar-refractivity contribution in [2.45, 2.75) is 39.0 Å². The summed E-state index contributed by atoms with van der Waals surface area (Å²) in [6.07, 6.45) is 3.57. The fraction of sp³-hybridized carbons (Fsp3) is 0.636. The summed E-state index contributed by atoms with van der Waals surface area (Å²) >= 11 is 6.18. The largest absolute Gasteiger partial charge is 0.241 e. The van der Waals surface area contributed by atoms with Gasteiger partial charge in [0.2, 0.25) is 0 Å². The zero-order valence-electron chi connectivity index (χ0n) is 9.00. The summed E-state index contributed by atoms with van der Waals surface area (Å²) in [5.74, 6) is 1.48. The molecule has 0 aliphatic rings. The van der Waals surface area contributed by atoms with Crippen molar-refractivity contribution >= 4 is 11.6 Å². The highest BCUT2D eigenvalue weighted by Crippen LogP contribution is 2.14. The van der Waals surface area contributed by atoms with E-state index in [1.807, 2.05) is 13.0 Å². The molecule has 0 N–H and O–H groups in total. The third-order valence-electron chi connectivity index (χ3n) is 1.98. The molecule has 1 aromatic rings. The number of rotatable bonds is 4. The lowest BCUT2D eigenvalue weighted by Crippen LogP contribution is -2.10. The molecule has 3 heteroatoms. The van der Waals surface area contributed by atoms with Gasteiger partial charge in [0, 0.05) is 23.7 Å². The first-order valence-corrected chi connectivity index (χ1v) is 5.44. The second kappa shape index (κ2) is 5.30. The topological polar surface area (TPSA) is 25.8 Å². The Kier molecular flexibility index (Phi) is 4.33. The number of halogens is 1. The van der Waals surface area contributed by atoms with Crippen LogP contribution in [0.3, 0.4) is 0 Å². The molecule has 0 spiro atoms. The highest BCUT2D eigenvalue weighted by atomic mass is 35.5. The van der Waals surface area contributed by atoms with Crippen molar-refractivity contribution in [2.75, 3.05) is 0 Å². The van der Waals surface area contributed by atoms with Crippen molar-refractivity contribution in [1.29, 1.82) is 0 Å². The standard InChI is InChI=1S/C11H17ClN2/c1-8(2)6-10(12)7-11-13-5-4-9(3)14-11/h4-5,8,10H,6-7H2,1-3H3. The number of aromatic nitrogens is 2. The van der Waals surface area contributed by atoms with Crippen LogP contribution >= 0.6 is 11.6 Å². The van der Waals surface area contributed by atoms with Crippen molar-refractivity contribution in [3.05, 3.63) is 23.8 Å². The fourth-order valence-electron chi connectivity index (χ4n) is 1.39.